The summed E-state index contributed by atoms with van der Waals surface area (Å²) in [5.74, 6) is 0. The summed E-state index contributed by atoms with van der Waals surface area (Å²) in [7, 11) is 0. The molecule has 0 radical (unpaired) electrons. The van der Waals surface area contributed by atoms with Gasteiger partial charge >= 0.3 is 0 Å². The van der Waals surface area contributed by atoms with Gasteiger partial charge in [-0.2, -0.15) is 0 Å². The maximum Gasteiger partial charge on any atom is 0.157 e. The molecule has 11 heavy (non-hydrogen) atoms. The molecule has 0 saturated carbocycles. The van der Waals surface area contributed by atoms with Crippen LogP contribution in [0.4, 0.5) is 0 Å². The zero-order chi connectivity index (χ0) is 8.43. The predicted octanol–water partition coefficient (Wildman–Crippen LogP) is 1.84. The minimum absolute atomic E-state index is 0.185. The van der Waals surface area contributed by atoms with Crippen LogP contribution in [-0.2, 0) is 0 Å². The SMILES string of the molecule is C[C@H](O)c1cc(Cl)nnc1Cl. The lowest BCUT2D eigenvalue weighted by Crippen LogP contribution is -1.96. The van der Waals surface area contributed by atoms with Crippen molar-refractivity contribution in [2.45, 2.75) is 13.0 Å². The van der Waals surface area contributed by atoms with E-state index in [1.54, 1.807) is 6.92 Å². The lowest BCUT2D eigenvalue weighted by molar-refractivity contribution is 0.199. The summed E-state index contributed by atoms with van der Waals surface area (Å²) in [6, 6.07) is 1.49. The molecule has 1 N–H and O–H groups in total. The van der Waals surface area contributed by atoms with Crippen LogP contribution in [0.15, 0.2) is 6.07 Å². The van der Waals surface area contributed by atoms with E-state index in [1.807, 2.05) is 0 Å². The van der Waals surface area contributed by atoms with E-state index in [0.717, 1.165) is 0 Å². The third-order valence-electron chi connectivity index (χ3n) is 1.20. The zero-order valence-electron chi connectivity index (χ0n) is 5.75. The van der Waals surface area contributed by atoms with Crippen molar-refractivity contribution in [1.82, 2.24) is 10.2 Å². The second-order valence-corrected chi connectivity index (χ2v) is 2.83. The third kappa shape index (κ3) is 2.02. The van der Waals surface area contributed by atoms with Crippen molar-refractivity contribution in [2.75, 3.05) is 0 Å². The van der Waals surface area contributed by atoms with Crippen molar-refractivity contribution in [2.24, 2.45) is 0 Å². The molecule has 3 nitrogen and oxygen atoms in total. The zero-order valence-corrected chi connectivity index (χ0v) is 7.26. The Morgan fingerprint density at radius 2 is 2.09 bits per heavy atom. The number of hydrogen-bond donors (Lipinski definition) is 1. The number of halogens is 2. The summed E-state index contributed by atoms with van der Waals surface area (Å²) in [4.78, 5) is 0. The van der Waals surface area contributed by atoms with Crippen molar-refractivity contribution in [3.05, 3.63) is 21.9 Å². The van der Waals surface area contributed by atoms with Gasteiger partial charge in [0.2, 0.25) is 0 Å². The first-order valence-electron chi connectivity index (χ1n) is 2.98. The minimum Gasteiger partial charge on any atom is -0.389 e. The Morgan fingerprint density at radius 3 is 2.55 bits per heavy atom. The Bertz CT molecular complexity index is 265. The summed E-state index contributed by atoms with van der Waals surface area (Å²) >= 11 is 11.1. The van der Waals surface area contributed by atoms with Crippen LogP contribution >= 0.6 is 23.2 Å². The van der Waals surface area contributed by atoms with Gasteiger partial charge < -0.3 is 5.11 Å². The Labute approximate surface area is 74.0 Å². The van der Waals surface area contributed by atoms with Crippen LogP contribution in [0.5, 0.6) is 0 Å². The second-order valence-electron chi connectivity index (χ2n) is 2.09. The van der Waals surface area contributed by atoms with Crippen molar-refractivity contribution >= 4 is 23.2 Å². The number of rotatable bonds is 1. The predicted molar refractivity (Wildman–Crippen MR) is 42.7 cm³/mol. The molecular formula is C6H6Cl2N2O. The van der Waals surface area contributed by atoms with Crippen molar-refractivity contribution in [3.8, 4) is 0 Å². The fourth-order valence-electron chi connectivity index (χ4n) is 0.659. The number of aromatic nitrogens is 2. The molecule has 0 aliphatic heterocycles. The smallest absolute Gasteiger partial charge is 0.157 e. The minimum atomic E-state index is -0.671. The van der Waals surface area contributed by atoms with Crippen LogP contribution in [0.3, 0.4) is 0 Å². The quantitative estimate of drug-likeness (QED) is 0.739. The molecule has 5 heteroatoms. The van der Waals surface area contributed by atoms with Gasteiger partial charge in [-0.25, -0.2) is 0 Å². The summed E-state index contributed by atoms with van der Waals surface area (Å²) in [5.41, 5.74) is 0.492. The highest BCUT2D eigenvalue weighted by atomic mass is 35.5. The molecule has 0 spiro atoms. The highest BCUT2D eigenvalue weighted by Crippen LogP contribution is 2.21. The largest absolute Gasteiger partial charge is 0.389 e. The standard InChI is InChI=1S/C6H6Cl2N2O/c1-3(11)4-2-5(7)9-10-6(4)8/h2-3,11H,1H3/t3-/m0/s1. The Balaban J connectivity index is 3.13. The van der Waals surface area contributed by atoms with Gasteiger partial charge in [-0.05, 0) is 13.0 Å². The van der Waals surface area contributed by atoms with Crippen molar-refractivity contribution < 1.29 is 5.11 Å². The normalized spacial score (nSPS) is 13.1. The van der Waals surface area contributed by atoms with Gasteiger partial charge in [-0.3, -0.25) is 0 Å². The average molecular weight is 193 g/mol. The average Bonchev–Trinajstić information content (AvgIpc) is 1.94. The van der Waals surface area contributed by atoms with E-state index in [2.05, 4.69) is 10.2 Å². The number of hydrogen-bond acceptors (Lipinski definition) is 3. The molecule has 0 aliphatic carbocycles. The summed E-state index contributed by atoms with van der Waals surface area (Å²) in [6.07, 6.45) is -0.671. The van der Waals surface area contributed by atoms with E-state index >= 15 is 0 Å². The van der Waals surface area contributed by atoms with Crippen LogP contribution in [0, 0.1) is 0 Å². The van der Waals surface area contributed by atoms with Crippen LogP contribution in [0.25, 0.3) is 0 Å². The second kappa shape index (κ2) is 3.34. The summed E-state index contributed by atoms with van der Waals surface area (Å²) < 4.78 is 0. The first-order valence-corrected chi connectivity index (χ1v) is 3.73. The lowest BCUT2D eigenvalue weighted by Gasteiger charge is -2.04. The molecule has 1 aromatic heterocycles. The fraction of sp³-hybridized carbons (Fsp3) is 0.333. The molecule has 1 rings (SSSR count). The van der Waals surface area contributed by atoms with Crippen LogP contribution in [0.1, 0.15) is 18.6 Å². The van der Waals surface area contributed by atoms with Crippen LogP contribution in [-0.4, -0.2) is 15.3 Å². The van der Waals surface area contributed by atoms with Crippen LogP contribution in [0.2, 0.25) is 10.3 Å². The Hall–Kier alpha value is -0.380. The summed E-state index contributed by atoms with van der Waals surface area (Å²) in [6.45, 7) is 1.58. The van der Waals surface area contributed by atoms with Gasteiger partial charge in [0.25, 0.3) is 0 Å². The number of aliphatic hydroxyl groups excluding tert-OH is 1. The van der Waals surface area contributed by atoms with E-state index in [1.165, 1.54) is 6.07 Å². The monoisotopic (exact) mass is 192 g/mol. The highest BCUT2D eigenvalue weighted by molar-refractivity contribution is 6.31. The number of nitrogens with zero attached hydrogens (tertiary/aromatic N) is 2. The molecule has 1 atom stereocenters. The van der Waals surface area contributed by atoms with E-state index in [9.17, 15) is 0 Å². The molecule has 0 fully saturated rings. The van der Waals surface area contributed by atoms with Gasteiger partial charge in [0, 0.05) is 5.56 Å². The molecular weight excluding hydrogens is 187 g/mol. The van der Waals surface area contributed by atoms with E-state index in [-0.39, 0.29) is 10.3 Å². The van der Waals surface area contributed by atoms with Gasteiger partial charge in [0.05, 0.1) is 6.10 Å². The first-order chi connectivity index (χ1) is 5.11. The molecule has 0 aliphatic rings. The topological polar surface area (TPSA) is 46.0 Å². The van der Waals surface area contributed by atoms with Gasteiger partial charge in [0.15, 0.2) is 10.3 Å². The fourth-order valence-corrected chi connectivity index (χ4v) is 1.06. The molecule has 0 bridgehead atoms. The van der Waals surface area contributed by atoms with E-state index in [0.29, 0.717) is 5.56 Å². The summed E-state index contributed by atoms with van der Waals surface area (Å²) in [5, 5.41) is 16.5. The van der Waals surface area contributed by atoms with Gasteiger partial charge in [-0.1, -0.05) is 23.2 Å². The maximum atomic E-state index is 9.12. The molecule has 60 valence electrons. The van der Waals surface area contributed by atoms with E-state index in [4.69, 9.17) is 28.3 Å². The van der Waals surface area contributed by atoms with Gasteiger partial charge in [0.1, 0.15) is 0 Å². The first kappa shape index (κ1) is 8.71. The Kier molecular flexibility index (Phi) is 2.65. The van der Waals surface area contributed by atoms with Crippen LogP contribution < -0.4 is 0 Å². The third-order valence-corrected chi connectivity index (χ3v) is 1.67. The van der Waals surface area contributed by atoms with Gasteiger partial charge in [-0.15, -0.1) is 10.2 Å². The molecule has 1 heterocycles. The molecule has 0 amide bonds. The highest BCUT2D eigenvalue weighted by Gasteiger charge is 2.08. The van der Waals surface area contributed by atoms with Crippen molar-refractivity contribution in [1.29, 1.82) is 0 Å². The molecule has 1 aromatic rings. The molecule has 0 unspecified atom stereocenters. The number of aliphatic hydroxyl groups is 1. The van der Waals surface area contributed by atoms with E-state index < -0.39 is 6.10 Å². The molecule has 0 saturated heterocycles. The maximum absolute atomic E-state index is 9.12. The Morgan fingerprint density at radius 1 is 1.45 bits per heavy atom. The lowest BCUT2D eigenvalue weighted by atomic mass is 10.2. The molecule has 0 aromatic carbocycles. The van der Waals surface area contributed by atoms with Crippen molar-refractivity contribution in [3.63, 3.8) is 0 Å².